The highest BCUT2D eigenvalue weighted by atomic mass is 35.5. The first-order chi connectivity index (χ1) is 6.83. The van der Waals surface area contributed by atoms with Crippen LogP contribution in [0.25, 0.3) is 0 Å². The molecule has 0 saturated carbocycles. The Morgan fingerprint density at radius 2 is 2.29 bits per heavy atom. The number of rotatable bonds is 3. The van der Waals surface area contributed by atoms with E-state index < -0.39 is 0 Å². The van der Waals surface area contributed by atoms with Crippen LogP contribution in [0.5, 0.6) is 11.5 Å². The van der Waals surface area contributed by atoms with Crippen molar-refractivity contribution in [2.24, 2.45) is 0 Å². The van der Waals surface area contributed by atoms with Gasteiger partial charge in [0.25, 0.3) is 0 Å². The number of hydrogen-bond acceptors (Lipinski definition) is 3. The van der Waals surface area contributed by atoms with Gasteiger partial charge in [-0.2, -0.15) is 0 Å². The average Bonchev–Trinajstić information content (AvgIpc) is 2.64. The van der Waals surface area contributed by atoms with Crippen LogP contribution < -0.4 is 9.47 Å². The van der Waals surface area contributed by atoms with E-state index >= 15 is 0 Å². The smallest absolute Gasteiger partial charge is 0.231 e. The number of halogens is 1. The number of ether oxygens (including phenoxy) is 2. The van der Waals surface area contributed by atoms with Crippen molar-refractivity contribution in [2.75, 3.05) is 6.79 Å². The average molecular weight is 213 g/mol. The van der Waals surface area contributed by atoms with Gasteiger partial charge in [0.15, 0.2) is 11.5 Å². The molecule has 1 aromatic rings. The molecule has 0 spiro atoms. The van der Waals surface area contributed by atoms with Crippen LogP contribution in [0.4, 0.5) is 0 Å². The molecule has 1 aromatic carbocycles. The zero-order valence-corrected chi connectivity index (χ0v) is 8.21. The fraction of sp³-hybridized carbons (Fsp3) is 0.300. The molecule has 0 unspecified atom stereocenters. The first-order valence-corrected chi connectivity index (χ1v) is 4.71. The second kappa shape index (κ2) is 3.88. The van der Waals surface area contributed by atoms with Crippen molar-refractivity contribution in [2.45, 2.75) is 12.8 Å². The fourth-order valence-corrected chi connectivity index (χ4v) is 1.69. The number of benzene rings is 1. The van der Waals surface area contributed by atoms with Gasteiger partial charge >= 0.3 is 0 Å². The van der Waals surface area contributed by atoms with Crippen molar-refractivity contribution in [1.29, 1.82) is 0 Å². The molecule has 0 aromatic heterocycles. The lowest BCUT2D eigenvalue weighted by molar-refractivity contribution is -0.107. The monoisotopic (exact) mass is 212 g/mol. The molecular weight excluding hydrogens is 204 g/mol. The summed E-state index contributed by atoms with van der Waals surface area (Å²) in [4.78, 5) is 10.3. The third-order valence-electron chi connectivity index (χ3n) is 2.10. The third kappa shape index (κ3) is 1.55. The zero-order valence-electron chi connectivity index (χ0n) is 7.46. The standard InChI is InChI=1S/C10H9ClO3/c11-8-3-4-9-10(14-6-13-9)7(8)2-1-5-12/h3-5H,1-2,6H2. The van der Waals surface area contributed by atoms with E-state index in [1.165, 1.54) is 0 Å². The molecule has 14 heavy (non-hydrogen) atoms. The predicted molar refractivity (Wildman–Crippen MR) is 52.0 cm³/mol. The van der Waals surface area contributed by atoms with E-state index in [2.05, 4.69) is 0 Å². The summed E-state index contributed by atoms with van der Waals surface area (Å²) in [5.74, 6) is 1.38. The van der Waals surface area contributed by atoms with E-state index in [-0.39, 0.29) is 6.79 Å². The summed E-state index contributed by atoms with van der Waals surface area (Å²) < 4.78 is 10.5. The van der Waals surface area contributed by atoms with Crippen molar-refractivity contribution in [3.8, 4) is 11.5 Å². The Balaban J connectivity index is 2.36. The molecule has 0 N–H and O–H groups in total. The molecule has 0 saturated heterocycles. The largest absolute Gasteiger partial charge is 0.454 e. The highest BCUT2D eigenvalue weighted by molar-refractivity contribution is 6.31. The van der Waals surface area contributed by atoms with Gasteiger partial charge in [0, 0.05) is 17.0 Å². The summed E-state index contributed by atoms with van der Waals surface area (Å²) in [6.45, 7) is 0.226. The molecule has 2 rings (SSSR count). The van der Waals surface area contributed by atoms with Crippen LogP contribution in [0.3, 0.4) is 0 Å². The molecule has 1 aliphatic heterocycles. The maximum absolute atomic E-state index is 10.3. The maximum Gasteiger partial charge on any atom is 0.231 e. The Morgan fingerprint density at radius 3 is 3.07 bits per heavy atom. The van der Waals surface area contributed by atoms with Gasteiger partial charge in [0.1, 0.15) is 6.29 Å². The Morgan fingerprint density at radius 1 is 1.43 bits per heavy atom. The van der Waals surface area contributed by atoms with Crippen LogP contribution in [0.15, 0.2) is 12.1 Å². The van der Waals surface area contributed by atoms with E-state index in [1.807, 2.05) is 0 Å². The minimum Gasteiger partial charge on any atom is -0.454 e. The first kappa shape index (κ1) is 9.34. The Labute approximate surface area is 86.6 Å². The lowest BCUT2D eigenvalue weighted by atomic mass is 10.1. The summed E-state index contributed by atoms with van der Waals surface area (Å²) in [7, 11) is 0. The summed E-state index contributed by atoms with van der Waals surface area (Å²) in [6, 6.07) is 3.53. The van der Waals surface area contributed by atoms with Gasteiger partial charge in [-0.15, -0.1) is 0 Å². The maximum atomic E-state index is 10.3. The second-order valence-corrected chi connectivity index (χ2v) is 3.37. The quantitative estimate of drug-likeness (QED) is 0.721. The second-order valence-electron chi connectivity index (χ2n) is 2.97. The number of carbonyl (C=O) groups excluding carboxylic acids is 1. The van der Waals surface area contributed by atoms with Crippen LogP contribution in [-0.2, 0) is 11.2 Å². The van der Waals surface area contributed by atoms with Crippen LogP contribution >= 0.6 is 11.6 Å². The van der Waals surface area contributed by atoms with Crippen molar-refractivity contribution >= 4 is 17.9 Å². The minimum absolute atomic E-state index is 0.226. The van der Waals surface area contributed by atoms with E-state index in [0.717, 1.165) is 11.8 Å². The SMILES string of the molecule is O=CCCc1c(Cl)ccc2c1OCO2. The molecule has 74 valence electrons. The van der Waals surface area contributed by atoms with E-state index in [9.17, 15) is 4.79 Å². The van der Waals surface area contributed by atoms with E-state index in [1.54, 1.807) is 12.1 Å². The minimum atomic E-state index is 0.226. The molecule has 0 fully saturated rings. The Bertz CT molecular complexity index is 363. The summed E-state index contributed by atoms with van der Waals surface area (Å²) in [5.41, 5.74) is 0.855. The van der Waals surface area contributed by atoms with Gasteiger partial charge in [0.05, 0.1) is 0 Å². The topological polar surface area (TPSA) is 35.5 Å². The summed E-state index contributed by atoms with van der Waals surface area (Å²) in [5, 5.41) is 0.621. The Kier molecular flexibility index (Phi) is 2.59. The summed E-state index contributed by atoms with van der Waals surface area (Å²) >= 11 is 5.99. The van der Waals surface area contributed by atoms with Crippen molar-refractivity contribution in [3.05, 3.63) is 22.7 Å². The molecule has 0 radical (unpaired) electrons. The fourth-order valence-electron chi connectivity index (χ4n) is 1.44. The normalized spacial score (nSPS) is 12.9. The zero-order chi connectivity index (χ0) is 9.97. The highest BCUT2D eigenvalue weighted by Crippen LogP contribution is 2.39. The molecule has 3 nitrogen and oxygen atoms in total. The predicted octanol–water partition coefficient (Wildman–Crippen LogP) is 2.20. The number of aldehydes is 1. The van der Waals surface area contributed by atoms with Crippen LogP contribution in [0, 0.1) is 0 Å². The van der Waals surface area contributed by atoms with Gasteiger partial charge in [-0.3, -0.25) is 0 Å². The van der Waals surface area contributed by atoms with Gasteiger partial charge in [-0.25, -0.2) is 0 Å². The molecule has 0 aliphatic carbocycles. The van der Waals surface area contributed by atoms with E-state index in [0.29, 0.717) is 29.4 Å². The lowest BCUT2D eigenvalue weighted by Crippen LogP contribution is -1.95. The van der Waals surface area contributed by atoms with Crippen molar-refractivity contribution < 1.29 is 14.3 Å². The van der Waals surface area contributed by atoms with Gasteiger partial charge in [-0.1, -0.05) is 11.6 Å². The Hall–Kier alpha value is -1.22. The number of carbonyl (C=O) groups is 1. The van der Waals surface area contributed by atoms with Gasteiger partial charge in [0.2, 0.25) is 6.79 Å². The molecule has 0 amide bonds. The van der Waals surface area contributed by atoms with Gasteiger partial charge in [-0.05, 0) is 18.6 Å². The lowest BCUT2D eigenvalue weighted by Gasteiger charge is -2.05. The molecule has 0 bridgehead atoms. The molecule has 1 heterocycles. The molecule has 4 heteroatoms. The van der Waals surface area contributed by atoms with Crippen LogP contribution in [-0.4, -0.2) is 13.1 Å². The van der Waals surface area contributed by atoms with E-state index in [4.69, 9.17) is 21.1 Å². The van der Waals surface area contributed by atoms with Crippen LogP contribution in [0.1, 0.15) is 12.0 Å². The van der Waals surface area contributed by atoms with Crippen LogP contribution in [0.2, 0.25) is 5.02 Å². The number of fused-ring (bicyclic) bond motifs is 1. The molecule has 0 atom stereocenters. The molecular formula is C10H9ClO3. The first-order valence-electron chi connectivity index (χ1n) is 4.33. The highest BCUT2D eigenvalue weighted by Gasteiger charge is 2.19. The van der Waals surface area contributed by atoms with Crippen molar-refractivity contribution in [1.82, 2.24) is 0 Å². The van der Waals surface area contributed by atoms with Gasteiger partial charge < -0.3 is 14.3 Å². The molecule has 1 aliphatic rings. The summed E-state index contributed by atoms with van der Waals surface area (Å²) in [6.07, 6.45) is 1.90. The number of hydrogen-bond donors (Lipinski definition) is 0. The van der Waals surface area contributed by atoms with Crippen molar-refractivity contribution in [3.63, 3.8) is 0 Å². The third-order valence-corrected chi connectivity index (χ3v) is 2.45.